The van der Waals surface area contributed by atoms with Gasteiger partial charge in [0.05, 0.1) is 13.7 Å². The number of aryl methyl sites for hydroxylation is 1. The fraction of sp³-hybridized carbons (Fsp3) is 0.211. The first-order valence-electron chi connectivity index (χ1n) is 8.08. The third kappa shape index (κ3) is 4.38. The van der Waals surface area contributed by atoms with Gasteiger partial charge in [0.15, 0.2) is 6.61 Å². The van der Waals surface area contributed by atoms with E-state index in [1.165, 1.54) is 0 Å². The molecule has 7 nitrogen and oxygen atoms in total. The maximum Gasteiger partial charge on any atom is 0.258 e. The van der Waals surface area contributed by atoms with Crippen LogP contribution in [-0.2, 0) is 11.3 Å². The lowest BCUT2D eigenvalue weighted by Crippen LogP contribution is -2.28. The van der Waals surface area contributed by atoms with E-state index < -0.39 is 0 Å². The van der Waals surface area contributed by atoms with Gasteiger partial charge in [0, 0.05) is 5.56 Å². The molecule has 0 atom stereocenters. The van der Waals surface area contributed by atoms with Gasteiger partial charge in [-0.1, -0.05) is 23.4 Å². The summed E-state index contributed by atoms with van der Waals surface area (Å²) in [7, 11) is 1.60. The van der Waals surface area contributed by atoms with Crippen molar-refractivity contribution in [2.75, 3.05) is 13.7 Å². The molecule has 26 heavy (non-hydrogen) atoms. The predicted molar refractivity (Wildman–Crippen MR) is 94.8 cm³/mol. The second-order valence-corrected chi connectivity index (χ2v) is 5.57. The average Bonchev–Trinajstić information content (AvgIpc) is 3.15. The quantitative estimate of drug-likeness (QED) is 0.703. The van der Waals surface area contributed by atoms with Crippen LogP contribution in [0, 0.1) is 6.92 Å². The van der Waals surface area contributed by atoms with E-state index in [1.807, 2.05) is 55.5 Å². The SMILES string of the molecule is COc1ccc(-c2noc(CNC(=O)COc3ccccc3C)n2)cc1. The monoisotopic (exact) mass is 353 g/mol. The molecular weight excluding hydrogens is 334 g/mol. The van der Waals surface area contributed by atoms with Crippen molar-refractivity contribution in [3.8, 4) is 22.9 Å². The summed E-state index contributed by atoms with van der Waals surface area (Å²) in [4.78, 5) is 16.2. The lowest BCUT2D eigenvalue weighted by Gasteiger charge is -2.08. The number of carbonyl (C=O) groups is 1. The molecule has 0 radical (unpaired) electrons. The Balaban J connectivity index is 1.51. The van der Waals surface area contributed by atoms with Gasteiger partial charge >= 0.3 is 0 Å². The lowest BCUT2D eigenvalue weighted by atomic mass is 10.2. The Labute approximate surface area is 150 Å². The van der Waals surface area contributed by atoms with Crippen molar-refractivity contribution >= 4 is 5.91 Å². The predicted octanol–water partition coefficient (Wildman–Crippen LogP) is 2.75. The molecule has 0 aliphatic carbocycles. The van der Waals surface area contributed by atoms with Gasteiger partial charge in [-0.25, -0.2) is 0 Å². The van der Waals surface area contributed by atoms with Crippen LogP contribution in [0.25, 0.3) is 11.4 Å². The number of carbonyl (C=O) groups excluding carboxylic acids is 1. The maximum absolute atomic E-state index is 11.9. The molecule has 134 valence electrons. The zero-order chi connectivity index (χ0) is 18.4. The first-order chi connectivity index (χ1) is 12.7. The van der Waals surface area contributed by atoms with Crippen LogP contribution < -0.4 is 14.8 Å². The van der Waals surface area contributed by atoms with Crippen LogP contribution in [0.15, 0.2) is 53.1 Å². The summed E-state index contributed by atoms with van der Waals surface area (Å²) in [6.45, 7) is 1.98. The molecule has 0 aliphatic rings. The molecule has 7 heteroatoms. The molecule has 0 fully saturated rings. The smallest absolute Gasteiger partial charge is 0.258 e. The van der Waals surface area contributed by atoms with E-state index in [4.69, 9.17) is 14.0 Å². The van der Waals surface area contributed by atoms with Crippen molar-refractivity contribution in [2.45, 2.75) is 13.5 Å². The number of ether oxygens (including phenoxy) is 2. The van der Waals surface area contributed by atoms with Gasteiger partial charge in [-0.3, -0.25) is 4.79 Å². The Bertz CT molecular complexity index is 875. The van der Waals surface area contributed by atoms with Crippen molar-refractivity contribution in [2.24, 2.45) is 0 Å². The second kappa shape index (κ2) is 8.15. The van der Waals surface area contributed by atoms with Crippen molar-refractivity contribution in [3.63, 3.8) is 0 Å². The normalized spacial score (nSPS) is 10.4. The van der Waals surface area contributed by atoms with Crippen LogP contribution >= 0.6 is 0 Å². The fourth-order valence-corrected chi connectivity index (χ4v) is 2.27. The standard InChI is InChI=1S/C19H19N3O4/c1-13-5-3-4-6-16(13)25-12-17(23)20-11-18-21-19(22-26-18)14-7-9-15(24-2)10-8-14/h3-10H,11-12H2,1-2H3,(H,20,23). The molecule has 0 saturated heterocycles. The summed E-state index contributed by atoms with van der Waals surface area (Å²) < 4.78 is 15.8. The largest absolute Gasteiger partial charge is 0.497 e. The third-order valence-corrected chi connectivity index (χ3v) is 3.71. The highest BCUT2D eigenvalue weighted by Gasteiger charge is 2.11. The molecule has 3 rings (SSSR count). The molecule has 1 N–H and O–H groups in total. The molecule has 1 amide bonds. The molecule has 2 aromatic carbocycles. The van der Waals surface area contributed by atoms with Gasteiger partial charge in [0.1, 0.15) is 11.5 Å². The Kier molecular flexibility index (Phi) is 5.48. The first-order valence-corrected chi connectivity index (χ1v) is 8.08. The third-order valence-electron chi connectivity index (χ3n) is 3.71. The van der Waals surface area contributed by atoms with Gasteiger partial charge in [-0.15, -0.1) is 0 Å². The number of benzene rings is 2. The number of nitrogens with one attached hydrogen (secondary N) is 1. The number of hydrogen-bond acceptors (Lipinski definition) is 6. The van der Waals surface area contributed by atoms with E-state index in [0.717, 1.165) is 16.9 Å². The van der Waals surface area contributed by atoms with Crippen molar-refractivity contribution in [1.82, 2.24) is 15.5 Å². The summed E-state index contributed by atoms with van der Waals surface area (Å²) in [6.07, 6.45) is 0. The van der Waals surface area contributed by atoms with Crippen LogP contribution in [0.5, 0.6) is 11.5 Å². The lowest BCUT2D eigenvalue weighted by molar-refractivity contribution is -0.123. The zero-order valence-electron chi connectivity index (χ0n) is 14.6. The molecule has 0 saturated carbocycles. The molecular formula is C19H19N3O4. The Morgan fingerprint density at radius 1 is 1.15 bits per heavy atom. The zero-order valence-corrected chi connectivity index (χ0v) is 14.6. The van der Waals surface area contributed by atoms with Crippen LogP contribution in [0.4, 0.5) is 0 Å². The second-order valence-electron chi connectivity index (χ2n) is 5.57. The molecule has 0 aliphatic heterocycles. The van der Waals surface area contributed by atoms with E-state index in [0.29, 0.717) is 17.5 Å². The highest BCUT2D eigenvalue weighted by atomic mass is 16.5. The minimum atomic E-state index is -0.266. The van der Waals surface area contributed by atoms with E-state index in [2.05, 4.69) is 15.5 Å². The van der Waals surface area contributed by atoms with Crippen LogP contribution in [0.1, 0.15) is 11.5 Å². The van der Waals surface area contributed by atoms with Gasteiger partial charge in [-0.2, -0.15) is 4.98 Å². The molecule has 0 bridgehead atoms. The minimum absolute atomic E-state index is 0.0790. The fourth-order valence-electron chi connectivity index (χ4n) is 2.27. The molecule has 1 heterocycles. The summed E-state index contributed by atoms with van der Waals surface area (Å²) in [5.74, 6) is 1.94. The maximum atomic E-state index is 11.9. The van der Waals surface area contributed by atoms with Crippen LogP contribution in [0.2, 0.25) is 0 Å². The summed E-state index contributed by atoms with van der Waals surface area (Å²) in [5, 5.41) is 6.61. The van der Waals surface area contributed by atoms with E-state index >= 15 is 0 Å². The summed E-state index contributed by atoms with van der Waals surface area (Å²) in [5.41, 5.74) is 1.77. The van der Waals surface area contributed by atoms with Crippen LogP contribution in [0.3, 0.4) is 0 Å². The number of amides is 1. The Morgan fingerprint density at radius 2 is 1.92 bits per heavy atom. The Morgan fingerprint density at radius 3 is 2.65 bits per heavy atom. The number of para-hydroxylation sites is 1. The van der Waals surface area contributed by atoms with E-state index in [1.54, 1.807) is 7.11 Å². The summed E-state index contributed by atoms with van der Waals surface area (Å²) >= 11 is 0. The van der Waals surface area contributed by atoms with E-state index in [-0.39, 0.29) is 19.1 Å². The van der Waals surface area contributed by atoms with Gasteiger partial charge < -0.3 is 19.3 Å². The van der Waals surface area contributed by atoms with E-state index in [9.17, 15) is 4.79 Å². The highest BCUT2D eigenvalue weighted by Crippen LogP contribution is 2.19. The van der Waals surface area contributed by atoms with Crippen molar-refractivity contribution < 1.29 is 18.8 Å². The molecule has 1 aromatic heterocycles. The number of rotatable bonds is 7. The first kappa shape index (κ1) is 17.5. The molecule has 3 aromatic rings. The van der Waals surface area contributed by atoms with Crippen molar-refractivity contribution in [1.29, 1.82) is 0 Å². The minimum Gasteiger partial charge on any atom is -0.497 e. The van der Waals surface area contributed by atoms with Crippen LogP contribution in [-0.4, -0.2) is 29.8 Å². The average molecular weight is 353 g/mol. The highest BCUT2D eigenvalue weighted by molar-refractivity contribution is 5.77. The topological polar surface area (TPSA) is 86.5 Å². The Hall–Kier alpha value is -3.35. The molecule has 0 spiro atoms. The van der Waals surface area contributed by atoms with Gasteiger partial charge in [0.2, 0.25) is 11.7 Å². The van der Waals surface area contributed by atoms with Gasteiger partial charge in [-0.05, 0) is 42.8 Å². The summed E-state index contributed by atoms with van der Waals surface area (Å²) in [6, 6.07) is 14.8. The van der Waals surface area contributed by atoms with Crippen molar-refractivity contribution in [3.05, 3.63) is 60.0 Å². The van der Waals surface area contributed by atoms with Gasteiger partial charge in [0.25, 0.3) is 5.91 Å². The number of aromatic nitrogens is 2. The number of nitrogens with zero attached hydrogens (tertiary/aromatic N) is 2. The molecule has 0 unspecified atom stereocenters. The number of methoxy groups -OCH3 is 1. The number of hydrogen-bond donors (Lipinski definition) is 1.